The minimum Gasteiger partial charge on any atom is -0.327 e. The van der Waals surface area contributed by atoms with Crippen molar-refractivity contribution < 1.29 is 4.39 Å². The van der Waals surface area contributed by atoms with Crippen LogP contribution in [-0.4, -0.2) is 6.04 Å². The van der Waals surface area contributed by atoms with E-state index in [1.165, 1.54) is 24.8 Å². The van der Waals surface area contributed by atoms with Crippen molar-refractivity contribution in [2.75, 3.05) is 0 Å². The lowest BCUT2D eigenvalue weighted by Crippen LogP contribution is -2.31. The molecule has 1 nitrogen and oxygen atoms in total. The van der Waals surface area contributed by atoms with Gasteiger partial charge in [0.05, 0.1) is 0 Å². The third-order valence-corrected chi connectivity index (χ3v) is 4.40. The number of fused-ring (bicyclic) bond motifs is 2. The molecule has 0 spiro atoms. The highest BCUT2D eigenvalue weighted by atomic mass is 19.1. The maximum atomic E-state index is 12.6. The van der Waals surface area contributed by atoms with E-state index in [0.29, 0.717) is 17.9 Å². The molecule has 2 bridgehead atoms. The van der Waals surface area contributed by atoms with Crippen LogP contribution in [0.25, 0.3) is 0 Å². The van der Waals surface area contributed by atoms with Crippen molar-refractivity contribution in [1.29, 1.82) is 0 Å². The normalized spacial score (nSPS) is 36.9. The van der Waals surface area contributed by atoms with E-state index in [1.807, 2.05) is 18.2 Å². The van der Waals surface area contributed by atoms with Gasteiger partial charge in [-0.3, -0.25) is 0 Å². The fraction of sp³-hybridized carbons (Fsp3) is 0.571. The smallest absolute Gasteiger partial charge is 0.115 e. The van der Waals surface area contributed by atoms with Gasteiger partial charge in [0.25, 0.3) is 0 Å². The summed E-state index contributed by atoms with van der Waals surface area (Å²) in [5.41, 5.74) is 8.25. The zero-order chi connectivity index (χ0) is 11.1. The molecule has 3 rings (SSSR count). The van der Waals surface area contributed by atoms with Crippen molar-refractivity contribution in [1.82, 2.24) is 0 Å². The summed E-state index contributed by atoms with van der Waals surface area (Å²) in [7, 11) is 0. The van der Waals surface area contributed by atoms with Crippen LogP contribution in [0.4, 0.5) is 4.39 Å². The first kappa shape index (κ1) is 10.3. The number of halogens is 1. The van der Waals surface area contributed by atoms with E-state index >= 15 is 0 Å². The van der Waals surface area contributed by atoms with Gasteiger partial charge in [0.15, 0.2) is 0 Å². The minimum atomic E-state index is -0.360. The van der Waals surface area contributed by atoms with Crippen molar-refractivity contribution >= 4 is 0 Å². The second kappa shape index (κ2) is 3.85. The lowest BCUT2D eigenvalue weighted by molar-refractivity contribution is 0.368. The summed E-state index contributed by atoms with van der Waals surface area (Å²) in [5, 5.41) is 0. The average molecular weight is 219 g/mol. The summed E-state index contributed by atoms with van der Waals surface area (Å²) in [6.45, 7) is -0.360. The average Bonchev–Trinajstić information content (AvgIpc) is 2.88. The second-order valence-corrected chi connectivity index (χ2v) is 5.39. The molecule has 2 fully saturated rings. The van der Waals surface area contributed by atoms with Gasteiger partial charge in [-0.2, -0.15) is 0 Å². The number of alkyl halides is 1. The summed E-state index contributed by atoms with van der Waals surface area (Å²) in [6.07, 6.45) is 3.74. The van der Waals surface area contributed by atoms with Crippen LogP contribution in [0.1, 0.15) is 36.3 Å². The van der Waals surface area contributed by atoms with Crippen LogP contribution in [0.3, 0.4) is 0 Å². The Kier molecular flexibility index (Phi) is 2.47. The van der Waals surface area contributed by atoms with Crippen LogP contribution in [0.5, 0.6) is 0 Å². The highest BCUT2D eigenvalue weighted by Gasteiger charge is 2.44. The number of hydrogen-bond acceptors (Lipinski definition) is 1. The van der Waals surface area contributed by atoms with Crippen molar-refractivity contribution in [3.8, 4) is 0 Å². The molecule has 0 aliphatic heterocycles. The Hall–Kier alpha value is -0.890. The first-order chi connectivity index (χ1) is 7.78. The molecule has 86 valence electrons. The molecule has 0 aromatic heterocycles. The lowest BCUT2D eigenvalue weighted by Gasteiger charge is -2.27. The van der Waals surface area contributed by atoms with Crippen LogP contribution in [0.2, 0.25) is 0 Å². The van der Waals surface area contributed by atoms with Gasteiger partial charge in [0.2, 0.25) is 0 Å². The summed E-state index contributed by atoms with van der Waals surface area (Å²) in [5.74, 6) is 2.04. The summed E-state index contributed by atoms with van der Waals surface area (Å²) < 4.78 is 12.6. The van der Waals surface area contributed by atoms with Gasteiger partial charge >= 0.3 is 0 Å². The fourth-order valence-corrected chi connectivity index (χ4v) is 3.69. The van der Waals surface area contributed by atoms with Crippen molar-refractivity contribution in [3.05, 3.63) is 35.4 Å². The molecule has 2 N–H and O–H groups in total. The van der Waals surface area contributed by atoms with Gasteiger partial charge in [-0.05, 0) is 48.1 Å². The number of rotatable bonds is 2. The van der Waals surface area contributed by atoms with Crippen LogP contribution >= 0.6 is 0 Å². The summed E-state index contributed by atoms with van der Waals surface area (Å²) in [4.78, 5) is 0. The molecule has 4 unspecified atom stereocenters. The van der Waals surface area contributed by atoms with E-state index in [1.54, 1.807) is 0 Å². The Morgan fingerprint density at radius 3 is 2.81 bits per heavy atom. The monoisotopic (exact) mass is 219 g/mol. The predicted octanol–water partition coefficient (Wildman–Crippen LogP) is 3.00. The summed E-state index contributed by atoms with van der Waals surface area (Å²) in [6, 6.07) is 8.37. The standard InChI is InChI=1S/C14H18FN/c15-8-9-2-1-3-11(4-9)12-5-10-6-13(12)14(16)7-10/h1-4,10,12-14H,5-8,16H2. The number of benzene rings is 1. The zero-order valence-corrected chi connectivity index (χ0v) is 9.40. The lowest BCUT2D eigenvalue weighted by atomic mass is 9.80. The molecule has 4 atom stereocenters. The molecule has 1 aromatic carbocycles. The number of nitrogens with two attached hydrogens (primary N) is 1. The topological polar surface area (TPSA) is 26.0 Å². The molecular weight excluding hydrogens is 201 g/mol. The second-order valence-electron chi connectivity index (χ2n) is 5.39. The molecule has 0 amide bonds. The van der Waals surface area contributed by atoms with Crippen molar-refractivity contribution in [3.63, 3.8) is 0 Å². The van der Waals surface area contributed by atoms with Gasteiger partial charge in [0, 0.05) is 6.04 Å². The Balaban J connectivity index is 1.87. The number of hydrogen-bond donors (Lipinski definition) is 1. The van der Waals surface area contributed by atoms with E-state index in [2.05, 4.69) is 6.07 Å². The first-order valence-corrected chi connectivity index (χ1v) is 6.18. The highest BCUT2D eigenvalue weighted by Crippen LogP contribution is 2.52. The van der Waals surface area contributed by atoms with Gasteiger partial charge in [0.1, 0.15) is 6.67 Å². The fourth-order valence-electron chi connectivity index (χ4n) is 3.69. The summed E-state index contributed by atoms with van der Waals surface area (Å²) >= 11 is 0. The Morgan fingerprint density at radius 2 is 2.12 bits per heavy atom. The van der Waals surface area contributed by atoms with E-state index in [-0.39, 0.29) is 6.67 Å². The largest absolute Gasteiger partial charge is 0.327 e. The molecule has 1 aromatic rings. The minimum absolute atomic E-state index is 0.360. The van der Waals surface area contributed by atoms with E-state index < -0.39 is 0 Å². The molecule has 0 heterocycles. The van der Waals surface area contributed by atoms with Crippen LogP contribution in [0, 0.1) is 11.8 Å². The molecule has 2 saturated carbocycles. The molecule has 0 saturated heterocycles. The van der Waals surface area contributed by atoms with Crippen LogP contribution in [0.15, 0.2) is 24.3 Å². The zero-order valence-electron chi connectivity index (χ0n) is 9.40. The van der Waals surface area contributed by atoms with Crippen LogP contribution < -0.4 is 5.73 Å². The quantitative estimate of drug-likeness (QED) is 0.813. The van der Waals surface area contributed by atoms with Crippen LogP contribution in [-0.2, 0) is 6.67 Å². The molecule has 16 heavy (non-hydrogen) atoms. The van der Waals surface area contributed by atoms with Gasteiger partial charge < -0.3 is 5.73 Å². The van der Waals surface area contributed by atoms with Gasteiger partial charge in [-0.1, -0.05) is 24.3 Å². The third-order valence-electron chi connectivity index (χ3n) is 4.40. The molecule has 2 aliphatic carbocycles. The maximum absolute atomic E-state index is 12.6. The SMILES string of the molecule is NC1CC2CC(c3cccc(CF)c3)C1C2. The molecular formula is C14H18FN. The van der Waals surface area contributed by atoms with E-state index in [9.17, 15) is 4.39 Å². The van der Waals surface area contributed by atoms with Crippen molar-refractivity contribution in [2.24, 2.45) is 17.6 Å². The Labute approximate surface area is 95.8 Å². The molecule has 2 heteroatoms. The van der Waals surface area contributed by atoms with E-state index in [0.717, 1.165) is 11.5 Å². The Morgan fingerprint density at radius 1 is 1.25 bits per heavy atom. The van der Waals surface area contributed by atoms with Gasteiger partial charge in [-0.15, -0.1) is 0 Å². The predicted molar refractivity (Wildman–Crippen MR) is 62.8 cm³/mol. The van der Waals surface area contributed by atoms with Crippen molar-refractivity contribution in [2.45, 2.75) is 37.9 Å². The maximum Gasteiger partial charge on any atom is 0.115 e. The molecule has 0 radical (unpaired) electrons. The highest BCUT2D eigenvalue weighted by molar-refractivity contribution is 5.29. The third kappa shape index (κ3) is 1.56. The van der Waals surface area contributed by atoms with E-state index in [4.69, 9.17) is 5.73 Å². The molecule has 2 aliphatic rings. The first-order valence-electron chi connectivity index (χ1n) is 6.18. The Bertz CT molecular complexity index is 390. The van der Waals surface area contributed by atoms with Gasteiger partial charge in [-0.25, -0.2) is 4.39 Å².